The number of nitrogens with zero attached hydrogens (tertiary/aromatic N) is 4. The van der Waals surface area contributed by atoms with Gasteiger partial charge in [0.05, 0.1) is 6.04 Å². The van der Waals surface area contributed by atoms with Crippen LogP contribution in [-0.4, -0.2) is 63.5 Å². The summed E-state index contributed by atoms with van der Waals surface area (Å²) < 4.78 is 15.0. The van der Waals surface area contributed by atoms with Gasteiger partial charge >= 0.3 is 11.2 Å². The summed E-state index contributed by atoms with van der Waals surface area (Å²) in [5.74, 6) is 0.520. The van der Waals surface area contributed by atoms with Crippen LogP contribution in [0, 0.1) is 5.82 Å². The Balaban J connectivity index is 1.91. The molecule has 0 saturated carbocycles. The molecule has 1 saturated heterocycles. The van der Waals surface area contributed by atoms with Crippen molar-refractivity contribution in [2.45, 2.75) is 31.7 Å². The highest BCUT2D eigenvalue weighted by molar-refractivity contribution is 8.13. The van der Waals surface area contributed by atoms with Crippen molar-refractivity contribution in [1.82, 2.24) is 9.80 Å². The van der Waals surface area contributed by atoms with E-state index in [-0.39, 0.29) is 23.8 Å². The lowest BCUT2D eigenvalue weighted by atomic mass is 10.1. The lowest BCUT2D eigenvalue weighted by molar-refractivity contribution is -0.563. The molecule has 2 aliphatic rings. The van der Waals surface area contributed by atoms with Crippen molar-refractivity contribution >= 4 is 34.7 Å². The summed E-state index contributed by atoms with van der Waals surface area (Å²) in [5.41, 5.74) is 0.963. The first-order valence-electron chi connectivity index (χ1n) is 7.97. The molecule has 0 aliphatic carbocycles. The number of rotatable bonds is 3. The number of amides is 3. The average Bonchev–Trinajstić information content (AvgIpc) is 2.97. The Morgan fingerprint density at radius 3 is 2.44 bits per heavy atom. The van der Waals surface area contributed by atoms with Gasteiger partial charge in [-0.1, -0.05) is 12.1 Å². The molecule has 1 aromatic carbocycles. The Bertz CT molecular complexity index is 788. The van der Waals surface area contributed by atoms with E-state index in [9.17, 15) is 14.0 Å². The molecular formula is C17H20FN4O2S+. The van der Waals surface area contributed by atoms with Crippen molar-refractivity contribution in [1.29, 1.82) is 0 Å². The second kappa shape index (κ2) is 6.59. The van der Waals surface area contributed by atoms with Gasteiger partial charge in [-0.3, -0.25) is 14.6 Å². The zero-order valence-electron chi connectivity index (χ0n) is 14.6. The van der Waals surface area contributed by atoms with E-state index in [1.165, 1.54) is 35.8 Å². The SMILES string of the molecule is CC(C)[N+]1=C(SCc2ccc(F)cc2)N=C2C1C(=O)N(C)C(=O)N2C. The van der Waals surface area contributed by atoms with Crippen LogP contribution in [0.3, 0.4) is 0 Å². The van der Waals surface area contributed by atoms with Crippen molar-refractivity contribution in [2.24, 2.45) is 4.99 Å². The van der Waals surface area contributed by atoms with E-state index in [1.807, 2.05) is 18.4 Å². The van der Waals surface area contributed by atoms with E-state index >= 15 is 0 Å². The number of aliphatic imine (C=N–C) groups is 1. The number of hydrogen-bond acceptors (Lipinski definition) is 4. The molecule has 0 radical (unpaired) electrons. The zero-order chi connectivity index (χ0) is 18.3. The number of amidine groups is 2. The van der Waals surface area contributed by atoms with Crippen LogP contribution in [-0.2, 0) is 10.5 Å². The van der Waals surface area contributed by atoms with Crippen molar-refractivity contribution in [2.75, 3.05) is 14.1 Å². The van der Waals surface area contributed by atoms with Gasteiger partial charge < -0.3 is 0 Å². The first kappa shape index (κ1) is 17.6. The molecule has 2 aliphatic heterocycles. The maximum absolute atomic E-state index is 13.0. The van der Waals surface area contributed by atoms with Crippen molar-refractivity contribution in [3.05, 3.63) is 35.6 Å². The minimum Gasteiger partial charge on any atom is -0.269 e. The van der Waals surface area contributed by atoms with Gasteiger partial charge in [0.1, 0.15) is 5.82 Å². The monoisotopic (exact) mass is 363 g/mol. The number of thioether (sulfide) groups is 1. The molecule has 3 amide bonds. The lowest BCUT2D eigenvalue weighted by Gasteiger charge is -2.31. The maximum Gasteiger partial charge on any atom is 0.358 e. The topological polar surface area (TPSA) is 56.0 Å². The van der Waals surface area contributed by atoms with Crippen molar-refractivity contribution in [3.8, 4) is 0 Å². The van der Waals surface area contributed by atoms with Crippen LogP contribution in [0.1, 0.15) is 19.4 Å². The minimum absolute atomic E-state index is 0.0425. The van der Waals surface area contributed by atoms with E-state index in [2.05, 4.69) is 4.99 Å². The molecule has 6 nitrogen and oxygen atoms in total. The molecule has 1 unspecified atom stereocenters. The Morgan fingerprint density at radius 2 is 1.84 bits per heavy atom. The van der Waals surface area contributed by atoms with Crippen LogP contribution in [0.25, 0.3) is 0 Å². The Morgan fingerprint density at radius 1 is 1.20 bits per heavy atom. The van der Waals surface area contributed by atoms with Crippen LogP contribution < -0.4 is 0 Å². The van der Waals surface area contributed by atoms with E-state index in [1.54, 1.807) is 19.2 Å². The zero-order valence-corrected chi connectivity index (χ0v) is 15.4. The highest BCUT2D eigenvalue weighted by atomic mass is 32.2. The van der Waals surface area contributed by atoms with Gasteiger partial charge in [-0.2, -0.15) is 0 Å². The van der Waals surface area contributed by atoms with Crippen LogP contribution in [0.4, 0.5) is 9.18 Å². The second-order valence-corrected chi connectivity index (χ2v) is 7.25. The fraction of sp³-hybridized carbons (Fsp3) is 0.412. The Labute approximate surface area is 150 Å². The summed E-state index contributed by atoms with van der Waals surface area (Å²) in [6, 6.07) is 5.38. The minimum atomic E-state index is -0.580. The summed E-state index contributed by atoms with van der Waals surface area (Å²) >= 11 is 1.48. The van der Waals surface area contributed by atoms with Gasteiger partial charge in [0.2, 0.25) is 0 Å². The number of hydrogen-bond donors (Lipinski definition) is 0. The van der Waals surface area contributed by atoms with E-state index in [0.29, 0.717) is 16.8 Å². The number of urea groups is 1. The molecule has 132 valence electrons. The number of imide groups is 1. The number of halogens is 1. The fourth-order valence-electron chi connectivity index (χ4n) is 2.89. The van der Waals surface area contributed by atoms with Crippen LogP contribution >= 0.6 is 11.8 Å². The molecule has 1 fully saturated rings. The highest BCUT2D eigenvalue weighted by Gasteiger charge is 2.53. The normalized spacial score (nSPS) is 20.6. The number of likely N-dealkylation sites (N-methyl/N-ethyl adjacent to an activating group) is 2. The molecule has 1 aromatic rings. The van der Waals surface area contributed by atoms with Gasteiger partial charge in [0.15, 0.2) is 0 Å². The van der Waals surface area contributed by atoms with Gasteiger partial charge in [0.25, 0.3) is 17.8 Å². The largest absolute Gasteiger partial charge is 0.358 e. The summed E-state index contributed by atoms with van der Waals surface area (Å²) in [6.07, 6.45) is 0. The van der Waals surface area contributed by atoms with Gasteiger partial charge in [-0.15, -0.1) is 0 Å². The Kier molecular flexibility index (Phi) is 4.64. The first-order valence-corrected chi connectivity index (χ1v) is 8.96. The van der Waals surface area contributed by atoms with Gasteiger partial charge in [0, 0.05) is 19.8 Å². The number of carbonyl (C=O) groups is 2. The standard InChI is InChI=1S/C17H20FN4O2S/c1-10(2)22-13-14(20(3)17(24)21(4)15(13)23)19-16(22)25-9-11-5-7-12(18)8-6-11/h5-8,10,13H,9H2,1-4H3/q+1. The summed E-state index contributed by atoms with van der Waals surface area (Å²) in [7, 11) is 3.11. The van der Waals surface area contributed by atoms with Crippen molar-refractivity contribution in [3.63, 3.8) is 0 Å². The van der Waals surface area contributed by atoms with E-state index in [4.69, 9.17) is 0 Å². The van der Waals surface area contributed by atoms with Crippen LogP contribution in [0.5, 0.6) is 0 Å². The summed E-state index contributed by atoms with van der Waals surface area (Å²) in [6.45, 7) is 3.97. The molecule has 0 spiro atoms. The predicted octanol–water partition coefficient (Wildman–Crippen LogP) is 2.14. The molecule has 0 N–H and O–H groups in total. The fourth-order valence-corrected chi connectivity index (χ4v) is 4.01. The predicted molar refractivity (Wildman–Crippen MR) is 95.3 cm³/mol. The molecule has 8 heteroatoms. The molecule has 0 aromatic heterocycles. The second-order valence-electron chi connectivity index (χ2n) is 6.31. The first-order chi connectivity index (χ1) is 11.8. The Hall–Kier alpha value is -2.22. The molecule has 1 atom stereocenters. The molecule has 0 bridgehead atoms. The van der Waals surface area contributed by atoms with Gasteiger partial charge in [-0.25, -0.2) is 13.8 Å². The molecule has 2 heterocycles. The van der Waals surface area contributed by atoms with Crippen molar-refractivity contribution < 1.29 is 18.6 Å². The maximum atomic E-state index is 13.0. The third-order valence-corrected chi connectivity index (χ3v) is 5.31. The molecular weight excluding hydrogens is 343 g/mol. The highest BCUT2D eigenvalue weighted by Crippen LogP contribution is 2.26. The van der Waals surface area contributed by atoms with Gasteiger partial charge in [-0.05, 0) is 48.3 Å². The number of benzene rings is 1. The summed E-state index contributed by atoms with van der Waals surface area (Å²) in [5, 5.41) is 0.697. The number of carbonyl (C=O) groups excluding carboxylic acids is 2. The summed E-state index contributed by atoms with van der Waals surface area (Å²) in [4.78, 5) is 31.9. The third kappa shape index (κ3) is 3.06. The molecule has 3 rings (SSSR count). The van der Waals surface area contributed by atoms with Crippen LogP contribution in [0.2, 0.25) is 0 Å². The smallest absolute Gasteiger partial charge is 0.269 e. The molecule has 25 heavy (non-hydrogen) atoms. The number of fused-ring (bicyclic) bond motifs is 1. The average molecular weight is 363 g/mol. The lowest BCUT2D eigenvalue weighted by Crippen LogP contribution is -2.62. The van der Waals surface area contributed by atoms with E-state index < -0.39 is 6.04 Å². The van der Waals surface area contributed by atoms with Crippen LogP contribution in [0.15, 0.2) is 29.3 Å². The third-order valence-electron chi connectivity index (χ3n) is 4.27. The quantitative estimate of drug-likeness (QED) is 0.773. The van der Waals surface area contributed by atoms with E-state index in [0.717, 1.165) is 10.5 Å².